The van der Waals surface area contributed by atoms with Crippen LogP contribution in [0.3, 0.4) is 0 Å². The second-order valence-corrected chi connectivity index (χ2v) is 9.56. The summed E-state index contributed by atoms with van der Waals surface area (Å²) in [5, 5.41) is 14.6. The van der Waals surface area contributed by atoms with E-state index in [-0.39, 0.29) is 5.54 Å². The Labute approximate surface area is 172 Å². The van der Waals surface area contributed by atoms with Gasteiger partial charge < -0.3 is 5.32 Å². The third kappa shape index (κ3) is 10.4. The Hall–Kier alpha value is -0.750. The highest BCUT2D eigenvalue weighted by Gasteiger charge is 2.25. The van der Waals surface area contributed by atoms with Gasteiger partial charge in [-0.25, -0.2) is 5.84 Å². The number of rotatable bonds is 5. The van der Waals surface area contributed by atoms with Crippen molar-refractivity contribution in [2.45, 2.75) is 129 Å². The first-order valence-corrected chi connectivity index (χ1v) is 11.4. The smallest absolute Gasteiger partial charge is 0.185 e. The van der Waals surface area contributed by atoms with Gasteiger partial charge in [-0.15, -0.1) is 0 Å². The van der Waals surface area contributed by atoms with Crippen molar-refractivity contribution in [3.63, 3.8) is 0 Å². The molecule has 0 saturated heterocycles. The molecule has 1 rings (SSSR count). The van der Waals surface area contributed by atoms with Crippen LogP contribution in [0.1, 0.15) is 112 Å². The van der Waals surface area contributed by atoms with E-state index in [1.54, 1.807) is 5.01 Å². The molecule has 0 aliphatic heterocycles. The van der Waals surface area contributed by atoms with Crippen LogP contribution in [-0.2, 0) is 0 Å². The maximum atomic E-state index is 6.45. The lowest BCUT2D eigenvalue weighted by atomic mass is 9.98. The van der Waals surface area contributed by atoms with Crippen molar-refractivity contribution in [1.82, 2.24) is 10.3 Å². The SMILES string of the molecule is CCC(C)(C)N=NC(C)(C)NC(=S)N(N)C1CCCCCCCCCCC1. The van der Waals surface area contributed by atoms with Gasteiger partial charge in [0.05, 0.1) is 5.54 Å². The van der Waals surface area contributed by atoms with E-state index in [9.17, 15) is 0 Å². The van der Waals surface area contributed by atoms with Crippen molar-refractivity contribution in [2.75, 3.05) is 0 Å². The van der Waals surface area contributed by atoms with Crippen LogP contribution in [0.25, 0.3) is 0 Å². The number of nitrogens with two attached hydrogens (primary N) is 1. The summed E-state index contributed by atoms with van der Waals surface area (Å²) >= 11 is 5.62. The van der Waals surface area contributed by atoms with E-state index in [0.29, 0.717) is 11.2 Å². The minimum atomic E-state index is -0.563. The average Bonchev–Trinajstić information content (AvgIpc) is 2.60. The summed E-state index contributed by atoms with van der Waals surface area (Å²) in [6.07, 6.45) is 15.1. The third-order valence-corrected chi connectivity index (χ3v) is 5.86. The Balaban J connectivity index is 2.64. The van der Waals surface area contributed by atoms with Crippen LogP contribution in [0.15, 0.2) is 10.2 Å². The molecule has 0 aromatic carbocycles. The summed E-state index contributed by atoms with van der Waals surface area (Å²) in [7, 11) is 0. The summed E-state index contributed by atoms with van der Waals surface area (Å²) in [6.45, 7) is 10.3. The van der Waals surface area contributed by atoms with Gasteiger partial charge in [-0.3, -0.25) is 5.01 Å². The highest BCUT2D eigenvalue weighted by molar-refractivity contribution is 7.80. The Kier molecular flexibility index (Phi) is 10.7. The van der Waals surface area contributed by atoms with Crippen LogP contribution < -0.4 is 11.2 Å². The summed E-state index contributed by atoms with van der Waals surface area (Å²) < 4.78 is 0. The zero-order valence-corrected chi connectivity index (χ0v) is 19.2. The molecule has 1 fully saturated rings. The molecular formula is C21H43N5S. The minimum Gasteiger partial charge on any atom is -0.336 e. The predicted molar refractivity (Wildman–Crippen MR) is 120 cm³/mol. The quantitative estimate of drug-likeness (QED) is 0.255. The summed E-state index contributed by atoms with van der Waals surface area (Å²) in [4.78, 5) is 0. The maximum absolute atomic E-state index is 6.45. The number of hydrogen-bond donors (Lipinski definition) is 2. The Bertz CT molecular complexity index is 449. The van der Waals surface area contributed by atoms with E-state index in [4.69, 9.17) is 18.1 Å². The third-order valence-electron chi connectivity index (χ3n) is 5.55. The molecule has 0 heterocycles. The van der Waals surface area contributed by atoms with E-state index in [2.05, 4.69) is 36.3 Å². The Morgan fingerprint density at radius 1 is 0.926 bits per heavy atom. The van der Waals surface area contributed by atoms with E-state index < -0.39 is 5.66 Å². The lowest BCUT2D eigenvalue weighted by molar-refractivity contribution is 0.259. The average molecular weight is 398 g/mol. The molecule has 27 heavy (non-hydrogen) atoms. The van der Waals surface area contributed by atoms with Crippen molar-refractivity contribution in [3.05, 3.63) is 0 Å². The van der Waals surface area contributed by atoms with Crippen molar-refractivity contribution in [1.29, 1.82) is 0 Å². The molecule has 0 atom stereocenters. The summed E-state index contributed by atoms with van der Waals surface area (Å²) in [5.74, 6) is 6.45. The topological polar surface area (TPSA) is 66.0 Å². The van der Waals surface area contributed by atoms with Crippen LogP contribution in [0.2, 0.25) is 0 Å². The van der Waals surface area contributed by atoms with Crippen molar-refractivity contribution in [2.24, 2.45) is 16.1 Å². The van der Waals surface area contributed by atoms with Gasteiger partial charge in [-0.05, 0) is 59.2 Å². The minimum absolute atomic E-state index is 0.156. The van der Waals surface area contributed by atoms with E-state index in [1.165, 1.54) is 57.8 Å². The normalized spacial score (nSPS) is 19.3. The van der Waals surface area contributed by atoms with Crippen LogP contribution in [0.5, 0.6) is 0 Å². The van der Waals surface area contributed by atoms with Crippen LogP contribution in [0, 0.1) is 0 Å². The molecule has 1 aliphatic rings. The van der Waals surface area contributed by atoms with Crippen molar-refractivity contribution >= 4 is 17.3 Å². The van der Waals surface area contributed by atoms with Gasteiger partial charge in [-0.1, -0.05) is 64.7 Å². The van der Waals surface area contributed by atoms with E-state index >= 15 is 0 Å². The molecule has 5 nitrogen and oxygen atoms in total. The molecule has 6 heteroatoms. The first kappa shape index (κ1) is 24.3. The summed E-state index contributed by atoms with van der Waals surface area (Å²) in [5.41, 5.74) is -0.719. The number of hydrogen-bond acceptors (Lipinski definition) is 4. The molecular weight excluding hydrogens is 354 g/mol. The molecule has 158 valence electrons. The summed E-state index contributed by atoms with van der Waals surface area (Å²) in [6, 6.07) is 0.309. The van der Waals surface area contributed by atoms with Gasteiger partial charge >= 0.3 is 0 Å². The molecule has 0 aromatic rings. The Morgan fingerprint density at radius 3 is 1.81 bits per heavy atom. The van der Waals surface area contributed by atoms with Gasteiger partial charge in [0.2, 0.25) is 0 Å². The standard InChI is InChI=1S/C21H43N5S/c1-6-20(2,3)24-25-21(4,5)23-19(27)26(22)18-16-14-12-10-8-7-9-11-13-15-17-18/h18H,6-17,22H2,1-5H3,(H,23,27). The molecule has 0 amide bonds. The van der Waals surface area contributed by atoms with E-state index in [1.807, 2.05) is 13.8 Å². The highest BCUT2D eigenvalue weighted by atomic mass is 32.1. The van der Waals surface area contributed by atoms with E-state index in [0.717, 1.165) is 19.3 Å². The van der Waals surface area contributed by atoms with Crippen LogP contribution in [0.4, 0.5) is 0 Å². The fourth-order valence-electron chi connectivity index (χ4n) is 3.27. The predicted octanol–water partition coefficient (Wildman–Crippen LogP) is 6.09. The second kappa shape index (κ2) is 11.9. The molecule has 0 aromatic heterocycles. The number of nitrogens with one attached hydrogen (secondary N) is 1. The molecule has 1 aliphatic carbocycles. The van der Waals surface area contributed by atoms with Gasteiger partial charge in [-0.2, -0.15) is 10.2 Å². The highest BCUT2D eigenvalue weighted by Crippen LogP contribution is 2.21. The number of nitrogens with zero attached hydrogens (tertiary/aromatic N) is 3. The fourth-order valence-corrected chi connectivity index (χ4v) is 3.67. The lowest BCUT2D eigenvalue weighted by Gasteiger charge is -2.33. The lowest BCUT2D eigenvalue weighted by Crippen LogP contribution is -2.55. The maximum Gasteiger partial charge on any atom is 0.185 e. The number of thiocarbonyl (C=S) groups is 1. The Morgan fingerprint density at radius 2 is 1.37 bits per heavy atom. The van der Waals surface area contributed by atoms with Gasteiger partial charge in [0.1, 0.15) is 5.66 Å². The zero-order chi connectivity index (χ0) is 20.3. The molecule has 1 saturated carbocycles. The molecule has 3 N–H and O–H groups in total. The number of hydrazine groups is 1. The first-order chi connectivity index (χ1) is 12.7. The molecule has 0 spiro atoms. The monoisotopic (exact) mass is 397 g/mol. The second-order valence-electron chi connectivity index (χ2n) is 9.18. The van der Waals surface area contributed by atoms with Gasteiger partial charge in [0, 0.05) is 6.04 Å². The largest absolute Gasteiger partial charge is 0.336 e. The molecule has 0 bridgehead atoms. The first-order valence-electron chi connectivity index (χ1n) is 11.0. The van der Waals surface area contributed by atoms with Crippen LogP contribution >= 0.6 is 12.2 Å². The zero-order valence-electron chi connectivity index (χ0n) is 18.4. The van der Waals surface area contributed by atoms with Gasteiger partial charge in [0.25, 0.3) is 0 Å². The van der Waals surface area contributed by atoms with Gasteiger partial charge in [0.15, 0.2) is 5.11 Å². The van der Waals surface area contributed by atoms with Crippen molar-refractivity contribution < 1.29 is 0 Å². The fraction of sp³-hybridized carbons (Fsp3) is 0.952. The molecule has 0 radical (unpaired) electrons. The van der Waals surface area contributed by atoms with Crippen molar-refractivity contribution in [3.8, 4) is 0 Å². The number of azo groups is 1. The van der Waals surface area contributed by atoms with Crippen LogP contribution in [-0.4, -0.2) is 27.4 Å². The molecule has 0 unspecified atom stereocenters.